The van der Waals surface area contributed by atoms with Crippen LogP contribution < -0.4 is 0 Å². The van der Waals surface area contributed by atoms with Gasteiger partial charge in [-0.2, -0.15) is 0 Å². The maximum absolute atomic E-state index is 11.7. The molecule has 1 fully saturated rings. The zero-order valence-electron chi connectivity index (χ0n) is 9.16. The zero-order chi connectivity index (χ0) is 11.3. The van der Waals surface area contributed by atoms with Crippen LogP contribution >= 0.6 is 0 Å². The molecule has 0 atom stereocenters. The highest BCUT2D eigenvalue weighted by atomic mass is 16.2. The number of amides is 1. The molecule has 82 valence electrons. The van der Waals surface area contributed by atoms with Crippen molar-refractivity contribution in [3.05, 3.63) is 0 Å². The van der Waals surface area contributed by atoms with E-state index in [9.17, 15) is 9.59 Å². The van der Waals surface area contributed by atoms with E-state index in [0.29, 0.717) is 25.3 Å². The second-order valence-corrected chi connectivity index (χ2v) is 4.12. The van der Waals surface area contributed by atoms with Gasteiger partial charge in [0.25, 0.3) is 0 Å². The molecule has 3 heteroatoms. The fraction of sp³-hybridized carbons (Fsp3) is 0.667. The van der Waals surface area contributed by atoms with Crippen molar-refractivity contribution < 1.29 is 9.59 Å². The summed E-state index contributed by atoms with van der Waals surface area (Å²) in [5.74, 6) is 3.19. The van der Waals surface area contributed by atoms with Crippen molar-refractivity contribution in [1.29, 1.82) is 0 Å². The van der Waals surface area contributed by atoms with Gasteiger partial charge < -0.3 is 9.69 Å². The lowest BCUT2D eigenvalue weighted by atomic mass is 10.2. The van der Waals surface area contributed by atoms with Gasteiger partial charge in [-0.25, -0.2) is 0 Å². The fourth-order valence-electron chi connectivity index (χ4n) is 1.42. The topological polar surface area (TPSA) is 37.4 Å². The number of carbonyl (C=O) groups excluding carboxylic acids is 2. The third kappa shape index (κ3) is 4.64. The lowest BCUT2D eigenvalue weighted by Crippen LogP contribution is -2.33. The Bertz CT molecular complexity index is 286. The predicted octanol–water partition coefficient (Wildman–Crippen LogP) is 1.23. The monoisotopic (exact) mass is 207 g/mol. The number of hydrogen-bond donors (Lipinski definition) is 0. The van der Waals surface area contributed by atoms with Gasteiger partial charge in [-0.05, 0) is 25.7 Å². The molecule has 0 unspecified atom stereocenters. The smallest absolute Gasteiger partial charge is 0.223 e. The third-order valence-corrected chi connectivity index (χ3v) is 2.50. The van der Waals surface area contributed by atoms with Crippen LogP contribution in [0.3, 0.4) is 0 Å². The van der Waals surface area contributed by atoms with E-state index in [-0.39, 0.29) is 11.7 Å². The van der Waals surface area contributed by atoms with Crippen LogP contribution in [0.5, 0.6) is 0 Å². The maximum Gasteiger partial charge on any atom is 0.223 e. The third-order valence-electron chi connectivity index (χ3n) is 2.50. The summed E-state index contributed by atoms with van der Waals surface area (Å²) < 4.78 is 0. The molecule has 0 radical (unpaired) electrons. The molecule has 0 aromatic rings. The Labute approximate surface area is 90.8 Å². The molecule has 1 saturated carbocycles. The maximum atomic E-state index is 11.7. The summed E-state index contributed by atoms with van der Waals surface area (Å²) in [5.41, 5.74) is 0. The summed E-state index contributed by atoms with van der Waals surface area (Å²) in [4.78, 5) is 24.1. The first-order valence-electron chi connectivity index (χ1n) is 5.34. The highest BCUT2D eigenvalue weighted by Crippen LogP contribution is 2.29. The van der Waals surface area contributed by atoms with E-state index < -0.39 is 0 Å². The Morgan fingerprint density at radius 1 is 1.40 bits per heavy atom. The van der Waals surface area contributed by atoms with Crippen LogP contribution in [-0.4, -0.2) is 29.7 Å². The van der Waals surface area contributed by atoms with Gasteiger partial charge in [-0.3, -0.25) is 4.79 Å². The Kier molecular flexibility index (Phi) is 4.36. The van der Waals surface area contributed by atoms with Crippen molar-refractivity contribution in [3.8, 4) is 12.3 Å². The Morgan fingerprint density at radius 2 is 2.07 bits per heavy atom. The molecular formula is C12H17NO2. The molecule has 0 saturated heterocycles. The van der Waals surface area contributed by atoms with Crippen LogP contribution in [-0.2, 0) is 9.59 Å². The van der Waals surface area contributed by atoms with Crippen LogP contribution in [0, 0.1) is 18.3 Å². The van der Waals surface area contributed by atoms with E-state index in [1.807, 2.05) is 0 Å². The minimum Gasteiger partial charge on any atom is -0.331 e. The second kappa shape index (κ2) is 5.55. The Hall–Kier alpha value is -1.30. The highest BCUT2D eigenvalue weighted by molar-refractivity contribution is 5.83. The number of hydrogen-bond acceptors (Lipinski definition) is 2. The minimum absolute atomic E-state index is 0.00931. The summed E-state index contributed by atoms with van der Waals surface area (Å²) in [7, 11) is 0. The summed E-state index contributed by atoms with van der Waals surface area (Å²) in [6.07, 6.45) is 8.22. The minimum atomic E-state index is 0.00931. The van der Waals surface area contributed by atoms with Crippen LogP contribution in [0.25, 0.3) is 0 Å². The average Bonchev–Trinajstić information content (AvgIpc) is 2.97. The van der Waals surface area contributed by atoms with Crippen LogP contribution in [0.4, 0.5) is 0 Å². The van der Waals surface area contributed by atoms with Gasteiger partial charge in [0, 0.05) is 19.4 Å². The van der Waals surface area contributed by atoms with E-state index >= 15 is 0 Å². The van der Waals surface area contributed by atoms with E-state index in [2.05, 4.69) is 5.92 Å². The van der Waals surface area contributed by atoms with Crippen molar-refractivity contribution in [2.24, 2.45) is 5.92 Å². The van der Waals surface area contributed by atoms with Gasteiger partial charge in [0.1, 0.15) is 5.78 Å². The summed E-state index contributed by atoms with van der Waals surface area (Å²) >= 11 is 0. The number of rotatable bonds is 6. The number of nitrogens with zero attached hydrogens (tertiary/aromatic N) is 1. The first-order chi connectivity index (χ1) is 7.13. The molecular weight excluding hydrogens is 190 g/mol. The molecule has 1 aliphatic rings. The van der Waals surface area contributed by atoms with E-state index in [0.717, 1.165) is 6.54 Å². The SMILES string of the molecule is C#CCN(CC1CC1)C(=O)CCC(C)=O. The first-order valence-corrected chi connectivity index (χ1v) is 5.34. The zero-order valence-corrected chi connectivity index (χ0v) is 9.16. The molecule has 0 aromatic carbocycles. The molecule has 0 spiro atoms. The normalized spacial score (nSPS) is 14.4. The Balaban J connectivity index is 2.35. The van der Waals surface area contributed by atoms with Crippen LogP contribution in [0.1, 0.15) is 32.6 Å². The van der Waals surface area contributed by atoms with Gasteiger partial charge in [-0.15, -0.1) is 6.42 Å². The van der Waals surface area contributed by atoms with E-state index in [1.54, 1.807) is 4.90 Å². The lowest BCUT2D eigenvalue weighted by molar-refractivity contribution is -0.132. The summed E-state index contributed by atoms with van der Waals surface area (Å²) in [6, 6.07) is 0. The largest absolute Gasteiger partial charge is 0.331 e. The Morgan fingerprint density at radius 3 is 2.53 bits per heavy atom. The molecule has 3 nitrogen and oxygen atoms in total. The van der Waals surface area contributed by atoms with Crippen molar-refractivity contribution in [1.82, 2.24) is 4.90 Å². The fourth-order valence-corrected chi connectivity index (χ4v) is 1.42. The van der Waals surface area contributed by atoms with Gasteiger partial charge in [-0.1, -0.05) is 5.92 Å². The predicted molar refractivity (Wildman–Crippen MR) is 58.1 cm³/mol. The summed E-state index contributed by atoms with van der Waals surface area (Å²) in [5, 5.41) is 0. The van der Waals surface area contributed by atoms with Gasteiger partial charge in [0.05, 0.1) is 6.54 Å². The number of terminal acetylenes is 1. The molecule has 0 aliphatic heterocycles. The van der Waals surface area contributed by atoms with Crippen molar-refractivity contribution >= 4 is 11.7 Å². The number of ketones is 1. The molecule has 0 aromatic heterocycles. The molecule has 0 bridgehead atoms. The highest BCUT2D eigenvalue weighted by Gasteiger charge is 2.26. The first kappa shape index (κ1) is 11.8. The van der Waals surface area contributed by atoms with Crippen molar-refractivity contribution in [2.75, 3.05) is 13.1 Å². The van der Waals surface area contributed by atoms with E-state index in [4.69, 9.17) is 6.42 Å². The van der Waals surface area contributed by atoms with Gasteiger partial charge in [0.15, 0.2) is 0 Å². The quantitative estimate of drug-likeness (QED) is 0.614. The van der Waals surface area contributed by atoms with Crippen LogP contribution in [0.15, 0.2) is 0 Å². The molecule has 0 heterocycles. The molecule has 1 aliphatic carbocycles. The average molecular weight is 207 g/mol. The number of carbonyl (C=O) groups is 2. The van der Waals surface area contributed by atoms with Crippen molar-refractivity contribution in [3.63, 3.8) is 0 Å². The molecule has 0 N–H and O–H groups in total. The summed E-state index contributed by atoms with van der Waals surface area (Å²) in [6.45, 7) is 2.63. The van der Waals surface area contributed by atoms with Gasteiger partial charge in [0.2, 0.25) is 5.91 Å². The standard InChI is InChI=1S/C12H17NO2/c1-3-8-13(9-11-5-6-11)12(15)7-4-10(2)14/h1,11H,4-9H2,2H3. The van der Waals surface area contributed by atoms with Gasteiger partial charge >= 0.3 is 0 Å². The molecule has 15 heavy (non-hydrogen) atoms. The molecule has 1 amide bonds. The molecule has 1 rings (SSSR count). The van der Waals surface area contributed by atoms with Crippen LogP contribution in [0.2, 0.25) is 0 Å². The second-order valence-electron chi connectivity index (χ2n) is 4.12. The lowest BCUT2D eigenvalue weighted by Gasteiger charge is -2.19. The number of Topliss-reactive ketones (excluding diaryl/α,β-unsaturated/α-hetero) is 1. The van der Waals surface area contributed by atoms with E-state index in [1.165, 1.54) is 19.8 Å². The van der Waals surface area contributed by atoms with Crippen molar-refractivity contribution in [2.45, 2.75) is 32.6 Å².